The lowest BCUT2D eigenvalue weighted by Crippen LogP contribution is -2.42. The van der Waals surface area contributed by atoms with Crippen LogP contribution in [0.1, 0.15) is 36.7 Å². The Bertz CT molecular complexity index is 517. The summed E-state index contributed by atoms with van der Waals surface area (Å²) in [6, 6.07) is 3.74. The smallest absolute Gasteiger partial charge is 0.151 e. The number of benzene rings is 1. The molecule has 0 fully saturated rings. The van der Waals surface area contributed by atoms with Crippen molar-refractivity contribution >= 4 is 29.1 Å². The average molecular weight is 250 g/mol. The molecule has 0 radical (unpaired) electrons. The molecule has 90 valence electrons. The van der Waals surface area contributed by atoms with Gasteiger partial charge in [-0.2, -0.15) is 0 Å². The summed E-state index contributed by atoms with van der Waals surface area (Å²) < 4.78 is 0. The van der Waals surface area contributed by atoms with Crippen LogP contribution >= 0.6 is 11.6 Å². The summed E-state index contributed by atoms with van der Waals surface area (Å²) in [6.45, 7) is 6.37. The van der Waals surface area contributed by atoms with Crippen molar-refractivity contribution in [3.63, 3.8) is 0 Å². The fourth-order valence-electron chi connectivity index (χ4n) is 2.28. The molecule has 17 heavy (non-hydrogen) atoms. The summed E-state index contributed by atoms with van der Waals surface area (Å²) in [7, 11) is 2.04. The maximum absolute atomic E-state index is 10.9. The number of hydrogen-bond acceptors (Lipinski definition) is 2. The van der Waals surface area contributed by atoms with Crippen LogP contribution in [0.5, 0.6) is 0 Å². The van der Waals surface area contributed by atoms with Crippen LogP contribution in [0.25, 0.3) is 5.57 Å². The van der Waals surface area contributed by atoms with Crippen LogP contribution in [0.3, 0.4) is 0 Å². The molecule has 1 aromatic rings. The van der Waals surface area contributed by atoms with Crippen molar-refractivity contribution in [2.75, 3.05) is 11.9 Å². The second-order valence-electron chi connectivity index (χ2n) is 5.05. The minimum absolute atomic E-state index is 0.0386. The Hall–Kier alpha value is -1.28. The van der Waals surface area contributed by atoms with Gasteiger partial charge in [0, 0.05) is 23.9 Å². The molecule has 1 heterocycles. The zero-order chi connectivity index (χ0) is 12.8. The van der Waals surface area contributed by atoms with Crippen molar-refractivity contribution in [2.24, 2.45) is 0 Å². The van der Waals surface area contributed by atoms with Gasteiger partial charge in [0.25, 0.3) is 0 Å². The Morgan fingerprint density at radius 3 is 2.59 bits per heavy atom. The third-order valence-electron chi connectivity index (χ3n) is 3.46. The monoisotopic (exact) mass is 249 g/mol. The number of aldehydes is 1. The van der Waals surface area contributed by atoms with Gasteiger partial charge in [-0.3, -0.25) is 4.79 Å². The Labute approximate surface area is 107 Å². The number of likely N-dealkylation sites (N-methyl/N-ethyl adjacent to an activating group) is 1. The van der Waals surface area contributed by atoms with Crippen LogP contribution in [-0.2, 0) is 0 Å². The van der Waals surface area contributed by atoms with E-state index in [1.165, 1.54) is 5.57 Å². The zero-order valence-corrected chi connectivity index (χ0v) is 11.3. The van der Waals surface area contributed by atoms with Crippen LogP contribution in [0.4, 0.5) is 5.69 Å². The van der Waals surface area contributed by atoms with Crippen LogP contribution < -0.4 is 4.90 Å². The molecule has 0 N–H and O–H groups in total. The fourth-order valence-corrected chi connectivity index (χ4v) is 2.48. The van der Waals surface area contributed by atoms with Crippen molar-refractivity contribution in [1.82, 2.24) is 0 Å². The molecular weight excluding hydrogens is 234 g/mol. The molecule has 0 bridgehead atoms. The average Bonchev–Trinajstić information content (AvgIpc) is 2.25. The topological polar surface area (TPSA) is 20.3 Å². The van der Waals surface area contributed by atoms with Crippen molar-refractivity contribution in [2.45, 2.75) is 26.3 Å². The van der Waals surface area contributed by atoms with Gasteiger partial charge in [-0.1, -0.05) is 17.7 Å². The van der Waals surface area contributed by atoms with Crippen molar-refractivity contribution in [1.29, 1.82) is 0 Å². The first-order valence-corrected chi connectivity index (χ1v) is 5.97. The summed E-state index contributed by atoms with van der Waals surface area (Å²) in [4.78, 5) is 13.1. The lowest BCUT2D eigenvalue weighted by molar-refractivity contribution is 0.112. The molecule has 0 saturated carbocycles. The van der Waals surface area contributed by atoms with Gasteiger partial charge >= 0.3 is 0 Å². The molecule has 0 amide bonds. The first kappa shape index (κ1) is 12.2. The van der Waals surface area contributed by atoms with Gasteiger partial charge in [0.15, 0.2) is 6.29 Å². The van der Waals surface area contributed by atoms with E-state index in [9.17, 15) is 4.79 Å². The number of anilines is 1. The molecule has 2 rings (SSSR count). The SMILES string of the molecule is CC1=CC(C)(C)N(C)c2cc(Cl)c(C=O)cc21. The Kier molecular flexibility index (Phi) is 2.78. The maximum atomic E-state index is 10.9. The largest absolute Gasteiger partial charge is 0.365 e. The molecule has 0 aromatic heterocycles. The van der Waals surface area contributed by atoms with E-state index >= 15 is 0 Å². The molecule has 0 unspecified atom stereocenters. The summed E-state index contributed by atoms with van der Waals surface area (Å²) in [5, 5.41) is 0.510. The van der Waals surface area contributed by atoms with Gasteiger partial charge in [-0.25, -0.2) is 0 Å². The second kappa shape index (κ2) is 3.88. The van der Waals surface area contributed by atoms with Gasteiger partial charge in [0.2, 0.25) is 0 Å². The first-order chi connectivity index (χ1) is 7.86. The number of rotatable bonds is 1. The Balaban J connectivity index is 2.70. The number of nitrogens with zero attached hydrogens (tertiary/aromatic N) is 1. The molecule has 0 saturated heterocycles. The molecule has 0 spiro atoms. The molecule has 2 nitrogen and oxygen atoms in total. The lowest BCUT2D eigenvalue weighted by atomic mass is 9.89. The number of halogens is 1. The van der Waals surface area contributed by atoms with Gasteiger partial charge in [0.1, 0.15) is 0 Å². The van der Waals surface area contributed by atoms with E-state index in [2.05, 4.69) is 31.7 Å². The maximum Gasteiger partial charge on any atom is 0.151 e. The fraction of sp³-hybridized carbons (Fsp3) is 0.357. The van der Waals surface area contributed by atoms with Gasteiger partial charge in [-0.15, -0.1) is 0 Å². The van der Waals surface area contributed by atoms with Gasteiger partial charge < -0.3 is 4.90 Å². The highest BCUT2D eigenvalue weighted by atomic mass is 35.5. The number of hydrogen-bond donors (Lipinski definition) is 0. The minimum atomic E-state index is -0.0386. The molecule has 0 aliphatic carbocycles. The summed E-state index contributed by atoms with van der Waals surface area (Å²) in [6.07, 6.45) is 3.01. The van der Waals surface area contributed by atoms with Gasteiger partial charge in [0.05, 0.1) is 10.6 Å². The highest BCUT2D eigenvalue weighted by Gasteiger charge is 2.29. The summed E-state index contributed by atoms with van der Waals surface area (Å²) >= 11 is 6.09. The van der Waals surface area contributed by atoms with Crippen molar-refractivity contribution < 1.29 is 4.79 Å². The predicted molar refractivity (Wildman–Crippen MR) is 73.0 cm³/mol. The summed E-state index contributed by atoms with van der Waals surface area (Å²) in [5.74, 6) is 0. The molecule has 0 atom stereocenters. The van der Waals surface area contributed by atoms with Crippen LogP contribution in [-0.4, -0.2) is 18.9 Å². The van der Waals surface area contributed by atoms with E-state index in [-0.39, 0.29) is 5.54 Å². The standard InChI is InChI=1S/C14H16ClNO/c1-9-7-14(2,3)16(4)13-6-12(15)10(8-17)5-11(9)13/h5-8H,1-4H3. The van der Waals surface area contributed by atoms with Crippen LogP contribution in [0.2, 0.25) is 5.02 Å². The summed E-state index contributed by atoms with van der Waals surface area (Å²) in [5.41, 5.74) is 3.85. The third-order valence-corrected chi connectivity index (χ3v) is 3.79. The molecule has 1 aliphatic rings. The number of allylic oxidation sites excluding steroid dienone is 1. The lowest BCUT2D eigenvalue weighted by Gasteiger charge is -2.40. The highest BCUT2D eigenvalue weighted by molar-refractivity contribution is 6.33. The molecule has 3 heteroatoms. The van der Waals surface area contributed by atoms with E-state index in [1.54, 1.807) is 0 Å². The van der Waals surface area contributed by atoms with Crippen molar-refractivity contribution in [3.8, 4) is 0 Å². The Morgan fingerprint density at radius 2 is 2.00 bits per heavy atom. The van der Waals surface area contributed by atoms with Crippen molar-refractivity contribution in [3.05, 3.63) is 34.4 Å². The van der Waals surface area contributed by atoms with E-state index in [0.717, 1.165) is 17.5 Å². The van der Waals surface area contributed by atoms with E-state index in [4.69, 9.17) is 11.6 Å². The normalized spacial score (nSPS) is 17.5. The number of carbonyl (C=O) groups excluding carboxylic acids is 1. The van der Waals surface area contributed by atoms with Crippen LogP contribution in [0, 0.1) is 0 Å². The molecule has 1 aliphatic heterocycles. The zero-order valence-electron chi connectivity index (χ0n) is 10.5. The quantitative estimate of drug-likeness (QED) is 0.706. The second-order valence-corrected chi connectivity index (χ2v) is 5.46. The number of fused-ring (bicyclic) bond motifs is 1. The van der Waals surface area contributed by atoms with Gasteiger partial charge in [-0.05, 0) is 38.5 Å². The first-order valence-electron chi connectivity index (χ1n) is 5.59. The minimum Gasteiger partial charge on any atom is -0.365 e. The van der Waals surface area contributed by atoms with E-state index in [0.29, 0.717) is 10.6 Å². The Morgan fingerprint density at radius 1 is 1.35 bits per heavy atom. The van der Waals surface area contributed by atoms with E-state index in [1.807, 2.05) is 19.2 Å². The van der Waals surface area contributed by atoms with Crippen LogP contribution in [0.15, 0.2) is 18.2 Å². The highest BCUT2D eigenvalue weighted by Crippen LogP contribution is 2.39. The third kappa shape index (κ3) is 1.87. The predicted octanol–water partition coefficient (Wildman–Crippen LogP) is 3.78. The van der Waals surface area contributed by atoms with E-state index < -0.39 is 0 Å². The molecule has 1 aromatic carbocycles. The number of carbonyl (C=O) groups is 1. The molecular formula is C14H16ClNO.